The van der Waals surface area contributed by atoms with E-state index < -0.39 is 5.97 Å². The lowest BCUT2D eigenvalue weighted by molar-refractivity contribution is -0.142. The van der Waals surface area contributed by atoms with Crippen LogP contribution in [0.15, 0.2) is 30.3 Å². The molecular formula is C13H13NO2. The van der Waals surface area contributed by atoms with E-state index in [-0.39, 0.29) is 5.92 Å². The van der Waals surface area contributed by atoms with Crippen LogP contribution in [0.4, 0.5) is 0 Å². The number of carboxylic acid groups (broad SMARTS) is 1. The van der Waals surface area contributed by atoms with Crippen LogP contribution < -0.4 is 0 Å². The van der Waals surface area contributed by atoms with Crippen molar-refractivity contribution in [3.63, 3.8) is 0 Å². The second-order valence-corrected chi connectivity index (χ2v) is 4.37. The number of aryl methyl sites for hydroxylation is 1. The first-order valence-electron chi connectivity index (χ1n) is 5.55. The Balaban J connectivity index is 2.09. The fourth-order valence-corrected chi connectivity index (χ4v) is 2.55. The van der Waals surface area contributed by atoms with Gasteiger partial charge < -0.3 is 9.67 Å². The third kappa shape index (κ3) is 1.32. The van der Waals surface area contributed by atoms with E-state index in [1.807, 2.05) is 12.1 Å². The maximum atomic E-state index is 11.0. The van der Waals surface area contributed by atoms with Gasteiger partial charge in [-0.1, -0.05) is 18.2 Å². The van der Waals surface area contributed by atoms with Crippen molar-refractivity contribution >= 4 is 16.9 Å². The van der Waals surface area contributed by atoms with Gasteiger partial charge in [-0.3, -0.25) is 4.79 Å². The van der Waals surface area contributed by atoms with Crippen LogP contribution in [0.1, 0.15) is 12.1 Å². The molecule has 0 saturated heterocycles. The van der Waals surface area contributed by atoms with Crippen LogP contribution in [0.2, 0.25) is 0 Å². The van der Waals surface area contributed by atoms with Gasteiger partial charge in [0.05, 0.1) is 5.92 Å². The summed E-state index contributed by atoms with van der Waals surface area (Å²) in [5.74, 6) is -0.881. The molecule has 3 rings (SSSR count). The minimum atomic E-state index is -0.670. The van der Waals surface area contributed by atoms with Gasteiger partial charge in [-0.15, -0.1) is 0 Å². The van der Waals surface area contributed by atoms with Crippen LogP contribution >= 0.6 is 0 Å². The van der Waals surface area contributed by atoms with Gasteiger partial charge in [0.1, 0.15) is 0 Å². The van der Waals surface area contributed by atoms with Crippen LogP contribution in [-0.2, 0) is 17.8 Å². The average molecular weight is 215 g/mol. The number of benzene rings is 1. The van der Waals surface area contributed by atoms with E-state index in [0.717, 1.165) is 18.7 Å². The predicted molar refractivity (Wildman–Crippen MR) is 61.4 cm³/mol. The van der Waals surface area contributed by atoms with Crippen molar-refractivity contribution < 1.29 is 9.90 Å². The molecule has 1 aliphatic rings. The summed E-state index contributed by atoms with van der Waals surface area (Å²) in [6, 6.07) is 10.3. The number of carboxylic acids is 1. The number of fused-ring (bicyclic) bond motifs is 3. The number of aliphatic carboxylic acids is 1. The highest BCUT2D eigenvalue weighted by molar-refractivity contribution is 5.82. The van der Waals surface area contributed by atoms with Gasteiger partial charge in [0.25, 0.3) is 0 Å². The average Bonchev–Trinajstić information content (AvgIpc) is 2.66. The smallest absolute Gasteiger partial charge is 0.306 e. The van der Waals surface area contributed by atoms with Crippen LogP contribution in [-0.4, -0.2) is 15.6 Å². The van der Waals surface area contributed by atoms with Crippen molar-refractivity contribution in [3.05, 3.63) is 36.0 Å². The van der Waals surface area contributed by atoms with Crippen molar-refractivity contribution in [2.45, 2.75) is 19.4 Å². The monoisotopic (exact) mass is 215 g/mol. The second-order valence-electron chi connectivity index (χ2n) is 4.37. The largest absolute Gasteiger partial charge is 0.481 e. The molecular weight excluding hydrogens is 202 g/mol. The molecule has 0 fully saturated rings. The van der Waals surface area contributed by atoms with E-state index in [0.29, 0.717) is 6.42 Å². The maximum absolute atomic E-state index is 11.0. The zero-order valence-electron chi connectivity index (χ0n) is 8.89. The standard InChI is InChI=1S/C13H13NO2/c15-13(16)10-5-6-14-11(8-10)7-9-3-1-2-4-12(9)14/h1-4,7,10H,5-6,8H2,(H,15,16). The molecule has 3 nitrogen and oxygen atoms in total. The molecule has 0 aliphatic carbocycles. The first-order chi connectivity index (χ1) is 7.75. The van der Waals surface area contributed by atoms with E-state index in [1.54, 1.807) is 0 Å². The maximum Gasteiger partial charge on any atom is 0.306 e. The van der Waals surface area contributed by atoms with Crippen LogP contribution in [0.5, 0.6) is 0 Å². The van der Waals surface area contributed by atoms with Gasteiger partial charge in [-0.2, -0.15) is 0 Å². The SMILES string of the molecule is O=C(O)C1CCn2c(cc3ccccc32)C1. The summed E-state index contributed by atoms with van der Waals surface area (Å²) >= 11 is 0. The molecule has 0 spiro atoms. The fraction of sp³-hybridized carbons (Fsp3) is 0.308. The molecule has 0 bridgehead atoms. The Morgan fingerprint density at radius 3 is 3.00 bits per heavy atom. The molecule has 82 valence electrons. The number of carbonyl (C=O) groups is 1. The lowest BCUT2D eigenvalue weighted by Gasteiger charge is -2.21. The van der Waals surface area contributed by atoms with Crippen molar-refractivity contribution in [1.82, 2.24) is 4.57 Å². The Morgan fingerprint density at radius 1 is 1.38 bits per heavy atom. The summed E-state index contributed by atoms with van der Waals surface area (Å²) < 4.78 is 2.24. The van der Waals surface area contributed by atoms with Gasteiger partial charge >= 0.3 is 5.97 Å². The molecule has 0 saturated carbocycles. The molecule has 1 aromatic heterocycles. The highest BCUT2D eigenvalue weighted by atomic mass is 16.4. The first kappa shape index (κ1) is 9.46. The summed E-state index contributed by atoms with van der Waals surface area (Å²) in [5.41, 5.74) is 2.38. The van der Waals surface area contributed by atoms with E-state index in [9.17, 15) is 4.79 Å². The molecule has 1 atom stereocenters. The summed E-state index contributed by atoms with van der Waals surface area (Å²) in [6.45, 7) is 0.819. The van der Waals surface area contributed by atoms with Crippen molar-refractivity contribution in [1.29, 1.82) is 0 Å². The van der Waals surface area contributed by atoms with Gasteiger partial charge in [0.15, 0.2) is 0 Å². The lowest BCUT2D eigenvalue weighted by Crippen LogP contribution is -2.24. The second kappa shape index (κ2) is 3.37. The van der Waals surface area contributed by atoms with Crippen molar-refractivity contribution in [3.8, 4) is 0 Å². The van der Waals surface area contributed by atoms with Gasteiger partial charge in [0, 0.05) is 24.2 Å². The number of hydrogen-bond acceptors (Lipinski definition) is 1. The normalized spacial score (nSPS) is 19.6. The molecule has 16 heavy (non-hydrogen) atoms. The number of para-hydroxylation sites is 1. The molecule has 1 N–H and O–H groups in total. The van der Waals surface area contributed by atoms with Gasteiger partial charge in [-0.05, 0) is 23.9 Å². The van der Waals surface area contributed by atoms with Crippen molar-refractivity contribution in [2.24, 2.45) is 5.92 Å². The minimum Gasteiger partial charge on any atom is -0.481 e. The van der Waals surface area contributed by atoms with Crippen LogP contribution in [0.3, 0.4) is 0 Å². The molecule has 1 unspecified atom stereocenters. The van der Waals surface area contributed by atoms with Crippen molar-refractivity contribution in [2.75, 3.05) is 0 Å². The van der Waals surface area contributed by atoms with E-state index in [4.69, 9.17) is 5.11 Å². The molecule has 1 aromatic carbocycles. The zero-order chi connectivity index (χ0) is 11.1. The summed E-state index contributed by atoms with van der Waals surface area (Å²) in [6.07, 6.45) is 1.39. The predicted octanol–water partition coefficient (Wildman–Crippen LogP) is 2.29. The third-order valence-corrected chi connectivity index (χ3v) is 3.40. The highest BCUT2D eigenvalue weighted by Gasteiger charge is 2.25. The van der Waals surface area contributed by atoms with E-state index in [2.05, 4.69) is 22.8 Å². The molecule has 2 aromatic rings. The topological polar surface area (TPSA) is 42.2 Å². The first-order valence-corrected chi connectivity index (χ1v) is 5.55. The summed E-state index contributed by atoms with van der Waals surface area (Å²) in [4.78, 5) is 11.0. The number of hydrogen-bond donors (Lipinski definition) is 1. The summed E-state index contributed by atoms with van der Waals surface area (Å²) in [7, 11) is 0. The summed E-state index contributed by atoms with van der Waals surface area (Å²) in [5, 5.41) is 10.2. The van der Waals surface area contributed by atoms with E-state index >= 15 is 0 Å². The highest BCUT2D eigenvalue weighted by Crippen LogP contribution is 2.27. The molecule has 2 heterocycles. The quantitative estimate of drug-likeness (QED) is 0.793. The van der Waals surface area contributed by atoms with Crippen LogP contribution in [0, 0.1) is 5.92 Å². The van der Waals surface area contributed by atoms with Crippen LogP contribution in [0.25, 0.3) is 10.9 Å². The Hall–Kier alpha value is -1.77. The van der Waals surface area contributed by atoms with E-state index in [1.165, 1.54) is 10.9 Å². The fourth-order valence-electron chi connectivity index (χ4n) is 2.55. The number of rotatable bonds is 1. The number of nitrogens with zero attached hydrogens (tertiary/aromatic N) is 1. The molecule has 1 aliphatic heterocycles. The lowest BCUT2D eigenvalue weighted by atomic mass is 9.96. The third-order valence-electron chi connectivity index (χ3n) is 3.40. The zero-order valence-corrected chi connectivity index (χ0v) is 8.89. The molecule has 3 heteroatoms. The minimum absolute atomic E-state index is 0.211. The Bertz CT molecular complexity index is 556. The number of aromatic nitrogens is 1. The van der Waals surface area contributed by atoms with Gasteiger partial charge in [0.2, 0.25) is 0 Å². The van der Waals surface area contributed by atoms with Gasteiger partial charge in [-0.25, -0.2) is 0 Å². The Morgan fingerprint density at radius 2 is 2.19 bits per heavy atom. The molecule has 0 amide bonds. The Labute approximate surface area is 93.3 Å². The molecule has 0 radical (unpaired) electrons. The Kier molecular flexibility index (Phi) is 1.99.